The number of hydrogen-bond donors (Lipinski definition) is 1. The molecule has 162 valence electrons. The molecule has 3 unspecified atom stereocenters. The highest BCUT2D eigenvalue weighted by Gasteiger charge is 2.42. The lowest BCUT2D eigenvalue weighted by atomic mass is 9.65. The van der Waals surface area contributed by atoms with Gasteiger partial charge in [-0.15, -0.1) is 0 Å². The van der Waals surface area contributed by atoms with Gasteiger partial charge in [-0.3, -0.25) is 9.59 Å². The van der Waals surface area contributed by atoms with E-state index in [4.69, 9.17) is 9.47 Å². The molecule has 0 aromatic carbocycles. The third-order valence-corrected chi connectivity index (χ3v) is 6.93. The lowest BCUT2D eigenvalue weighted by Crippen LogP contribution is -2.42. The van der Waals surface area contributed by atoms with Gasteiger partial charge in [-0.1, -0.05) is 45.9 Å². The zero-order valence-electron chi connectivity index (χ0n) is 18.2. The van der Waals surface area contributed by atoms with E-state index < -0.39 is 6.10 Å². The fraction of sp³-hybridized carbons (Fsp3) is 0.750. The Morgan fingerprint density at radius 3 is 2.76 bits per heavy atom. The number of allylic oxidation sites excluding steroid dienone is 3. The molecule has 0 aromatic rings. The molecule has 1 N–H and O–H groups in total. The van der Waals surface area contributed by atoms with Gasteiger partial charge in [-0.25, -0.2) is 0 Å². The van der Waals surface area contributed by atoms with Gasteiger partial charge in [0.2, 0.25) is 0 Å². The smallest absolute Gasteiger partial charge is 0.308 e. The molecule has 5 nitrogen and oxygen atoms in total. The zero-order chi connectivity index (χ0) is 21.1. The Morgan fingerprint density at radius 1 is 1.31 bits per heavy atom. The predicted molar refractivity (Wildman–Crippen MR) is 111 cm³/mol. The summed E-state index contributed by atoms with van der Waals surface area (Å²) in [7, 11) is 0. The topological polar surface area (TPSA) is 72.8 Å². The third kappa shape index (κ3) is 5.30. The van der Waals surface area contributed by atoms with Crippen molar-refractivity contribution in [3.63, 3.8) is 0 Å². The van der Waals surface area contributed by atoms with E-state index in [2.05, 4.69) is 32.1 Å². The molecule has 5 heteroatoms. The van der Waals surface area contributed by atoms with Gasteiger partial charge in [0.25, 0.3) is 0 Å². The first-order valence-electron chi connectivity index (χ1n) is 11.3. The summed E-state index contributed by atoms with van der Waals surface area (Å²) in [6.45, 7) is 8.33. The molecule has 0 radical (unpaired) electrons. The lowest BCUT2D eigenvalue weighted by Gasteiger charge is -2.43. The van der Waals surface area contributed by atoms with E-state index in [1.165, 1.54) is 5.57 Å². The Hall–Kier alpha value is -1.62. The number of cyclic esters (lactones) is 1. The van der Waals surface area contributed by atoms with Crippen molar-refractivity contribution < 1.29 is 24.2 Å². The molecular weight excluding hydrogens is 368 g/mol. The van der Waals surface area contributed by atoms with E-state index in [0.717, 1.165) is 25.7 Å². The average molecular weight is 405 g/mol. The van der Waals surface area contributed by atoms with Crippen molar-refractivity contribution in [1.29, 1.82) is 0 Å². The van der Waals surface area contributed by atoms with Crippen molar-refractivity contribution in [2.24, 2.45) is 29.6 Å². The van der Waals surface area contributed by atoms with Gasteiger partial charge in [-0.05, 0) is 49.0 Å². The second-order valence-electron chi connectivity index (χ2n) is 9.36. The molecule has 1 heterocycles. The van der Waals surface area contributed by atoms with Gasteiger partial charge in [0.15, 0.2) is 0 Å². The average Bonchev–Trinajstić information content (AvgIpc) is 2.65. The van der Waals surface area contributed by atoms with E-state index in [-0.39, 0.29) is 42.4 Å². The predicted octanol–water partition coefficient (Wildman–Crippen LogP) is 4.20. The molecule has 0 amide bonds. The van der Waals surface area contributed by atoms with Gasteiger partial charge in [-0.2, -0.15) is 0 Å². The quantitative estimate of drug-likeness (QED) is 0.672. The van der Waals surface area contributed by atoms with E-state index in [0.29, 0.717) is 24.2 Å². The summed E-state index contributed by atoms with van der Waals surface area (Å²) in [6, 6.07) is 0. The minimum Gasteiger partial charge on any atom is -0.462 e. The molecular formula is C24H36O5. The molecule has 1 saturated heterocycles. The van der Waals surface area contributed by atoms with Crippen LogP contribution in [-0.2, 0) is 19.1 Å². The van der Waals surface area contributed by atoms with Crippen LogP contribution < -0.4 is 0 Å². The first kappa shape index (κ1) is 22.1. The van der Waals surface area contributed by atoms with E-state index in [9.17, 15) is 14.7 Å². The van der Waals surface area contributed by atoms with Gasteiger partial charge in [0.05, 0.1) is 18.4 Å². The maximum Gasteiger partial charge on any atom is 0.308 e. The van der Waals surface area contributed by atoms with Crippen LogP contribution in [0.15, 0.2) is 23.8 Å². The number of rotatable bonds is 6. The van der Waals surface area contributed by atoms with Crippen LogP contribution in [0.5, 0.6) is 0 Å². The first-order chi connectivity index (χ1) is 13.8. The van der Waals surface area contributed by atoms with E-state index in [1.54, 1.807) is 0 Å². The minimum absolute atomic E-state index is 0.0854. The summed E-state index contributed by atoms with van der Waals surface area (Å²) < 4.78 is 11.5. The van der Waals surface area contributed by atoms with Gasteiger partial charge < -0.3 is 14.6 Å². The van der Waals surface area contributed by atoms with Crippen LogP contribution >= 0.6 is 0 Å². The number of fused-ring (bicyclic) bond motifs is 1. The fourth-order valence-electron chi connectivity index (χ4n) is 5.07. The summed E-state index contributed by atoms with van der Waals surface area (Å²) in [6.07, 6.45) is 9.70. The maximum absolute atomic E-state index is 12.5. The van der Waals surface area contributed by atoms with Gasteiger partial charge in [0, 0.05) is 12.3 Å². The summed E-state index contributed by atoms with van der Waals surface area (Å²) in [5.74, 6) is 0.755. The molecule has 1 aliphatic heterocycles. The normalized spacial score (nSPS) is 37.9. The Kier molecular flexibility index (Phi) is 7.20. The molecule has 0 spiro atoms. The highest BCUT2D eigenvalue weighted by atomic mass is 16.5. The molecule has 29 heavy (non-hydrogen) atoms. The number of aliphatic hydroxyl groups is 1. The molecule has 1 fully saturated rings. The number of carbonyl (C=O) groups is 2. The monoisotopic (exact) mass is 404 g/mol. The Morgan fingerprint density at radius 2 is 2.07 bits per heavy atom. The van der Waals surface area contributed by atoms with Crippen molar-refractivity contribution in [1.82, 2.24) is 0 Å². The maximum atomic E-state index is 12.5. The van der Waals surface area contributed by atoms with Crippen molar-refractivity contribution >= 4 is 11.9 Å². The molecule has 2 aliphatic carbocycles. The minimum atomic E-state index is -0.597. The SMILES string of the molecule is CC[C@H](C)C(=O)O[C@H]1CC(C)C=C2C=C[C@H](C)C(CC[C@@H]3CC(O)CC(=O)O3)[C@H]21. The number of esters is 2. The van der Waals surface area contributed by atoms with Crippen molar-refractivity contribution in [2.75, 3.05) is 0 Å². The van der Waals surface area contributed by atoms with E-state index in [1.807, 2.05) is 13.8 Å². The molecule has 0 bridgehead atoms. The first-order valence-corrected chi connectivity index (χ1v) is 11.3. The summed E-state index contributed by atoms with van der Waals surface area (Å²) in [5.41, 5.74) is 1.27. The molecule has 0 saturated carbocycles. The zero-order valence-corrected chi connectivity index (χ0v) is 18.2. The van der Waals surface area contributed by atoms with Crippen LogP contribution in [0.4, 0.5) is 0 Å². The third-order valence-electron chi connectivity index (χ3n) is 6.93. The van der Waals surface area contributed by atoms with Crippen LogP contribution in [-0.4, -0.2) is 35.4 Å². The number of aliphatic hydroxyl groups excluding tert-OH is 1. The van der Waals surface area contributed by atoms with Crippen molar-refractivity contribution in [3.8, 4) is 0 Å². The number of ether oxygens (including phenoxy) is 2. The molecule has 3 rings (SSSR count). The summed E-state index contributed by atoms with van der Waals surface area (Å²) in [4.78, 5) is 24.2. The summed E-state index contributed by atoms with van der Waals surface area (Å²) >= 11 is 0. The highest BCUT2D eigenvalue weighted by Crippen LogP contribution is 2.45. The van der Waals surface area contributed by atoms with Crippen LogP contribution in [0, 0.1) is 29.6 Å². The highest BCUT2D eigenvalue weighted by molar-refractivity contribution is 5.72. The second kappa shape index (κ2) is 9.46. The second-order valence-corrected chi connectivity index (χ2v) is 9.36. The van der Waals surface area contributed by atoms with Gasteiger partial charge in [0.1, 0.15) is 12.2 Å². The van der Waals surface area contributed by atoms with Crippen molar-refractivity contribution in [3.05, 3.63) is 23.8 Å². The van der Waals surface area contributed by atoms with Crippen molar-refractivity contribution in [2.45, 2.75) is 84.5 Å². The molecule has 8 atom stereocenters. The van der Waals surface area contributed by atoms with Crippen LogP contribution in [0.3, 0.4) is 0 Å². The molecule has 0 aromatic heterocycles. The molecule has 3 aliphatic rings. The van der Waals surface area contributed by atoms with Gasteiger partial charge >= 0.3 is 11.9 Å². The lowest BCUT2D eigenvalue weighted by molar-refractivity contribution is -0.162. The van der Waals surface area contributed by atoms with E-state index >= 15 is 0 Å². The van der Waals surface area contributed by atoms with Crippen LogP contribution in [0.2, 0.25) is 0 Å². The Balaban J connectivity index is 1.74. The Labute approximate surface area is 174 Å². The van der Waals surface area contributed by atoms with Crippen LogP contribution in [0.1, 0.15) is 66.2 Å². The number of hydrogen-bond acceptors (Lipinski definition) is 5. The van der Waals surface area contributed by atoms with Crippen LogP contribution in [0.25, 0.3) is 0 Å². The largest absolute Gasteiger partial charge is 0.462 e. The summed E-state index contributed by atoms with van der Waals surface area (Å²) in [5, 5.41) is 9.89. The standard InChI is InChI=1S/C24H36O5/c1-5-15(3)24(27)29-21-11-14(2)10-17-7-6-16(4)20(23(17)21)9-8-19-12-18(25)13-22(26)28-19/h6-7,10,14-16,18-21,23,25H,5,8-9,11-13H2,1-4H3/t14?,15-,16-,18?,19+,20?,21-,23-/m0/s1. The number of carbonyl (C=O) groups excluding carboxylic acids is 2. The Bertz CT molecular complexity index is 666. The fourth-order valence-corrected chi connectivity index (χ4v) is 5.07.